The monoisotopic (exact) mass is 290 g/mol. The standard InChI is InChI=1S/C13H8ClFN4O/c14-7-2-1-3-8(15)12(7)9-4-5-11-17-6-10(13(16)20)19(11)18-9/h1-6H,(H2,16,20). The normalized spacial score (nSPS) is 10.9. The lowest BCUT2D eigenvalue weighted by atomic mass is 10.1. The van der Waals surface area contributed by atoms with Crippen LogP contribution in [0.1, 0.15) is 10.5 Å². The van der Waals surface area contributed by atoms with Gasteiger partial charge in [0.25, 0.3) is 5.91 Å². The number of primary amides is 1. The van der Waals surface area contributed by atoms with Crippen LogP contribution in [0, 0.1) is 5.82 Å². The number of nitrogens with zero attached hydrogens (tertiary/aromatic N) is 3. The number of carbonyl (C=O) groups is 1. The van der Waals surface area contributed by atoms with Crippen LogP contribution in [0.2, 0.25) is 5.02 Å². The Morgan fingerprint density at radius 1 is 1.30 bits per heavy atom. The molecule has 20 heavy (non-hydrogen) atoms. The van der Waals surface area contributed by atoms with E-state index >= 15 is 0 Å². The zero-order chi connectivity index (χ0) is 14.3. The molecule has 0 radical (unpaired) electrons. The van der Waals surface area contributed by atoms with Gasteiger partial charge in [0.15, 0.2) is 5.65 Å². The van der Waals surface area contributed by atoms with E-state index in [1.807, 2.05) is 0 Å². The lowest BCUT2D eigenvalue weighted by Crippen LogP contribution is -2.15. The molecular weight excluding hydrogens is 283 g/mol. The number of hydrogen-bond acceptors (Lipinski definition) is 3. The van der Waals surface area contributed by atoms with Gasteiger partial charge in [-0.1, -0.05) is 17.7 Å². The predicted octanol–water partition coefficient (Wildman–Crippen LogP) is 2.29. The Kier molecular flexibility index (Phi) is 2.87. The molecule has 0 aliphatic rings. The maximum Gasteiger partial charge on any atom is 0.269 e. The Labute approximate surface area is 117 Å². The molecule has 0 spiro atoms. The first kappa shape index (κ1) is 12.6. The second-order valence-corrected chi connectivity index (χ2v) is 4.50. The van der Waals surface area contributed by atoms with Crippen molar-refractivity contribution in [3.8, 4) is 11.3 Å². The van der Waals surface area contributed by atoms with Crippen molar-refractivity contribution in [2.24, 2.45) is 5.73 Å². The summed E-state index contributed by atoms with van der Waals surface area (Å²) in [5, 5.41) is 4.41. The SMILES string of the molecule is NC(=O)c1cnc2ccc(-c3c(F)cccc3Cl)nn12. The zero-order valence-electron chi connectivity index (χ0n) is 10.0. The number of benzene rings is 1. The molecule has 100 valence electrons. The Morgan fingerprint density at radius 3 is 2.80 bits per heavy atom. The third-order valence-electron chi connectivity index (χ3n) is 2.83. The van der Waals surface area contributed by atoms with Crippen LogP contribution in [0.5, 0.6) is 0 Å². The highest BCUT2D eigenvalue weighted by molar-refractivity contribution is 6.33. The van der Waals surface area contributed by atoms with Gasteiger partial charge in [0, 0.05) is 0 Å². The first-order chi connectivity index (χ1) is 9.58. The molecule has 0 bridgehead atoms. The topological polar surface area (TPSA) is 73.3 Å². The minimum atomic E-state index is -0.665. The summed E-state index contributed by atoms with van der Waals surface area (Å²) in [6.07, 6.45) is 1.32. The van der Waals surface area contributed by atoms with Crippen LogP contribution in [0.15, 0.2) is 36.5 Å². The van der Waals surface area contributed by atoms with Crippen molar-refractivity contribution in [1.82, 2.24) is 14.6 Å². The van der Waals surface area contributed by atoms with E-state index in [0.29, 0.717) is 11.3 Å². The van der Waals surface area contributed by atoms with E-state index < -0.39 is 11.7 Å². The molecule has 3 rings (SSSR count). The molecule has 3 aromatic rings. The molecule has 0 aliphatic heterocycles. The average Bonchev–Trinajstić information content (AvgIpc) is 2.81. The molecule has 7 heteroatoms. The number of carbonyl (C=O) groups excluding carboxylic acids is 1. The molecule has 0 saturated carbocycles. The van der Waals surface area contributed by atoms with Gasteiger partial charge in [-0.25, -0.2) is 13.9 Å². The smallest absolute Gasteiger partial charge is 0.269 e. The van der Waals surface area contributed by atoms with Crippen molar-refractivity contribution in [1.29, 1.82) is 0 Å². The number of amides is 1. The molecule has 1 aromatic carbocycles. The van der Waals surface area contributed by atoms with E-state index in [9.17, 15) is 9.18 Å². The third kappa shape index (κ3) is 1.90. The molecule has 0 atom stereocenters. The van der Waals surface area contributed by atoms with E-state index in [-0.39, 0.29) is 16.3 Å². The first-order valence-electron chi connectivity index (χ1n) is 5.67. The van der Waals surface area contributed by atoms with Crippen molar-refractivity contribution < 1.29 is 9.18 Å². The van der Waals surface area contributed by atoms with E-state index in [4.69, 9.17) is 17.3 Å². The first-order valence-corrected chi connectivity index (χ1v) is 6.04. The molecule has 2 heterocycles. The maximum atomic E-state index is 13.9. The average molecular weight is 291 g/mol. The molecule has 5 nitrogen and oxygen atoms in total. The summed E-state index contributed by atoms with van der Waals surface area (Å²) < 4.78 is 15.1. The summed E-state index contributed by atoms with van der Waals surface area (Å²) in [7, 11) is 0. The van der Waals surface area contributed by atoms with E-state index in [2.05, 4.69) is 10.1 Å². The number of rotatable bonds is 2. The van der Waals surface area contributed by atoms with E-state index in [1.54, 1.807) is 18.2 Å². The van der Waals surface area contributed by atoms with Crippen LogP contribution < -0.4 is 5.73 Å². The number of nitrogens with two attached hydrogens (primary N) is 1. The number of imidazole rings is 1. The van der Waals surface area contributed by atoms with Gasteiger partial charge in [-0.3, -0.25) is 4.79 Å². The highest BCUT2D eigenvalue weighted by Crippen LogP contribution is 2.29. The Balaban J connectivity index is 2.27. The van der Waals surface area contributed by atoms with Gasteiger partial charge < -0.3 is 5.73 Å². The van der Waals surface area contributed by atoms with Crippen molar-refractivity contribution in [2.75, 3.05) is 0 Å². The summed E-state index contributed by atoms with van der Waals surface area (Å²) in [6, 6.07) is 7.55. The van der Waals surface area contributed by atoms with Crippen LogP contribution >= 0.6 is 11.6 Å². The Bertz CT molecular complexity index is 810. The van der Waals surface area contributed by atoms with E-state index in [0.717, 1.165) is 0 Å². The summed E-state index contributed by atoms with van der Waals surface area (Å²) in [5.41, 5.74) is 6.25. The largest absolute Gasteiger partial charge is 0.364 e. The van der Waals surface area contributed by atoms with Crippen LogP contribution in [-0.2, 0) is 0 Å². The second kappa shape index (κ2) is 4.57. The predicted molar refractivity (Wildman–Crippen MR) is 71.9 cm³/mol. The summed E-state index contributed by atoms with van der Waals surface area (Å²) in [5.74, 6) is -1.16. The fourth-order valence-electron chi connectivity index (χ4n) is 1.92. The summed E-state index contributed by atoms with van der Waals surface area (Å²) in [4.78, 5) is 15.3. The fraction of sp³-hybridized carbons (Fsp3) is 0. The Hall–Kier alpha value is -2.47. The van der Waals surface area contributed by atoms with Crippen LogP contribution in [-0.4, -0.2) is 20.5 Å². The van der Waals surface area contributed by atoms with Gasteiger partial charge in [-0.2, -0.15) is 5.10 Å². The van der Waals surface area contributed by atoms with Crippen LogP contribution in [0.3, 0.4) is 0 Å². The van der Waals surface area contributed by atoms with Crippen LogP contribution in [0.4, 0.5) is 4.39 Å². The van der Waals surface area contributed by atoms with E-state index in [1.165, 1.54) is 22.8 Å². The molecule has 2 N–H and O–H groups in total. The highest BCUT2D eigenvalue weighted by atomic mass is 35.5. The maximum absolute atomic E-state index is 13.9. The van der Waals surface area contributed by atoms with Crippen molar-refractivity contribution in [3.63, 3.8) is 0 Å². The van der Waals surface area contributed by atoms with Gasteiger partial charge in [-0.05, 0) is 24.3 Å². The highest BCUT2D eigenvalue weighted by Gasteiger charge is 2.14. The summed E-state index contributed by atoms with van der Waals surface area (Å²) >= 11 is 5.99. The molecule has 0 saturated heterocycles. The number of aromatic nitrogens is 3. The van der Waals surface area contributed by atoms with Crippen LogP contribution in [0.25, 0.3) is 16.9 Å². The van der Waals surface area contributed by atoms with Gasteiger partial charge >= 0.3 is 0 Å². The quantitative estimate of drug-likeness (QED) is 0.787. The number of halogens is 2. The minimum absolute atomic E-state index is 0.120. The van der Waals surface area contributed by atoms with Gasteiger partial charge in [0.2, 0.25) is 0 Å². The zero-order valence-corrected chi connectivity index (χ0v) is 10.8. The molecule has 0 fully saturated rings. The number of hydrogen-bond donors (Lipinski definition) is 1. The fourth-order valence-corrected chi connectivity index (χ4v) is 2.18. The Morgan fingerprint density at radius 2 is 2.10 bits per heavy atom. The van der Waals surface area contributed by atoms with Crippen molar-refractivity contribution >= 4 is 23.2 Å². The molecule has 1 amide bonds. The van der Waals surface area contributed by atoms with Crippen molar-refractivity contribution in [3.05, 3.63) is 53.1 Å². The lowest BCUT2D eigenvalue weighted by Gasteiger charge is -2.06. The van der Waals surface area contributed by atoms with Gasteiger partial charge in [0.1, 0.15) is 11.5 Å². The molecule has 2 aromatic heterocycles. The molecule has 0 unspecified atom stereocenters. The number of fused-ring (bicyclic) bond motifs is 1. The van der Waals surface area contributed by atoms with Gasteiger partial charge in [0.05, 0.1) is 22.5 Å². The van der Waals surface area contributed by atoms with Gasteiger partial charge in [-0.15, -0.1) is 0 Å². The minimum Gasteiger partial charge on any atom is -0.364 e. The summed E-state index contributed by atoms with van der Waals surface area (Å²) in [6.45, 7) is 0. The lowest BCUT2D eigenvalue weighted by molar-refractivity contribution is 0.0993. The molecular formula is C13H8ClFN4O. The van der Waals surface area contributed by atoms with Crippen molar-refractivity contribution in [2.45, 2.75) is 0 Å². The third-order valence-corrected chi connectivity index (χ3v) is 3.15. The molecule has 0 aliphatic carbocycles. The second-order valence-electron chi connectivity index (χ2n) is 4.09.